The fraction of sp³-hybridized carbons (Fsp3) is 0.0400. The standard InChI is InChI=1S/C25H14F2I4/c26-18-5-7-20(24(30)12-18)14-1-3-16(22(28)10-14)9-17-4-2-15(11-23(17)29)21-8-6-19(27)13-25(21)31/h1-8,10-13H,9H2. The lowest BCUT2D eigenvalue weighted by Gasteiger charge is -2.12. The molecule has 0 fully saturated rings. The summed E-state index contributed by atoms with van der Waals surface area (Å²) in [5.74, 6) is -0.430. The van der Waals surface area contributed by atoms with E-state index in [1.165, 1.54) is 30.4 Å². The Morgan fingerprint density at radius 2 is 0.903 bits per heavy atom. The molecule has 0 N–H and O–H groups in total. The van der Waals surface area contributed by atoms with E-state index in [-0.39, 0.29) is 11.6 Å². The molecule has 0 heterocycles. The van der Waals surface area contributed by atoms with Gasteiger partial charge in [0.1, 0.15) is 11.6 Å². The quantitative estimate of drug-likeness (QED) is 0.180. The molecule has 6 heteroatoms. The molecule has 0 aliphatic rings. The molecule has 0 aliphatic heterocycles. The highest BCUT2D eigenvalue weighted by atomic mass is 127. The molecule has 4 aromatic rings. The summed E-state index contributed by atoms with van der Waals surface area (Å²) < 4.78 is 31.1. The van der Waals surface area contributed by atoms with Crippen LogP contribution in [0.5, 0.6) is 0 Å². The first-order chi connectivity index (χ1) is 14.8. The Hall–Kier alpha value is -0.340. The van der Waals surface area contributed by atoms with E-state index >= 15 is 0 Å². The van der Waals surface area contributed by atoms with Crippen LogP contribution in [-0.4, -0.2) is 0 Å². The normalized spacial score (nSPS) is 11.0. The monoisotopic (exact) mass is 860 g/mol. The third-order valence-electron chi connectivity index (χ3n) is 4.97. The van der Waals surface area contributed by atoms with Crippen LogP contribution in [0.25, 0.3) is 22.3 Å². The molecule has 4 rings (SSSR count). The highest BCUT2D eigenvalue weighted by molar-refractivity contribution is 14.1. The largest absolute Gasteiger partial charge is 0.207 e. The third kappa shape index (κ3) is 5.60. The summed E-state index contributed by atoms with van der Waals surface area (Å²) in [6, 6.07) is 22.6. The first kappa shape index (κ1) is 23.8. The molecule has 0 aliphatic carbocycles. The van der Waals surface area contributed by atoms with Crippen LogP contribution in [-0.2, 0) is 6.42 Å². The Bertz CT molecular complexity index is 1190. The predicted octanol–water partition coefficient (Wildman–Crippen LogP) is 9.31. The van der Waals surface area contributed by atoms with Crippen molar-refractivity contribution < 1.29 is 8.78 Å². The maximum absolute atomic E-state index is 13.4. The number of rotatable bonds is 4. The Kier molecular flexibility index (Phi) is 7.90. The first-order valence-corrected chi connectivity index (χ1v) is 13.6. The maximum Gasteiger partial charge on any atom is 0.124 e. The zero-order valence-corrected chi connectivity index (χ0v) is 24.5. The smallest absolute Gasteiger partial charge is 0.124 e. The Morgan fingerprint density at radius 3 is 1.26 bits per heavy atom. The number of hydrogen-bond donors (Lipinski definition) is 0. The molecule has 0 atom stereocenters. The summed E-state index contributed by atoms with van der Waals surface area (Å²) in [4.78, 5) is 0. The molecule has 0 aromatic heterocycles. The van der Waals surface area contributed by atoms with Gasteiger partial charge in [-0.1, -0.05) is 36.4 Å². The van der Waals surface area contributed by atoms with Crippen molar-refractivity contribution in [2.24, 2.45) is 0 Å². The minimum atomic E-state index is -0.215. The van der Waals surface area contributed by atoms with Crippen LogP contribution in [0.4, 0.5) is 8.78 Å². The maximum atomic E-state index is 13.4. The van der Waals surface area contributed by atoms with Gasteiger partial charge < -0.3 is 0 Å². The first-order valence-electron chi connectivity index (χ1n) is 9.29. The van der Waals surface area contributed by atoms with E-state index in [1.54, 1.807) is 12.1 Å². The van der Waals surface area contributed by atoms with Crippen molar-refractivity contribution in [3.63, 3.8) is 0 Å². The summed E-state index contributed by atoms with van der Waals surface area (Å²) >= 11 is 9.11. The SMILES string of the molecule is Fc1ccc(-c2ccc(Cc3ccc(-c4ccc(F)cc4I)cc3I)c(I)c2)c(I)c1. The van der Waals surface area contributed by atoms with E-state index in [1.807, 2.05) is 12.1 Å². The van der Waals surface area contributed by atoms with E-state index in [2.05, 4.69) is 127 Å². The summed E-state index contributed by atoms with van der Waals surface area (Å²) in [6.07, 6.45) is 0.831. The summed E-state index contributed by atoms with van der Waals surface area (Å²) in [5.41, 5.74) is 6.77. The second-order valence-electron chi connectivity index (χ2n) is 7.04. The lowest BCUT2D eigenvalue weighted by atomic mass is 9.98. The summed E-state index contributed by atoms with van der Waals surface area (Å²) in [5, 5.41) is 0. The fourth-order valence-electron chi connectivity index (χ4n) is 3.37. The number of benzene rings is 4. The molecular formula is C25H14F2I4. The van der Waals surface area contributed by atoms with E-state index in [4.69, 9.17) is 0 Å². The minimum absolute atomic E-state index is 0.215. The molecular weight excluding hydrogens is 846 g/mol. The van der Waals surface area contributed by atoms with Gasteiger partial charge in [0.2, 0.25) is 0 Å². The summed E-state index contributed by atoms with van der Waals surface area (Å²) in [6.45, 7) is 0. The molecule has 0 saturated heterocycles. The molecule has 0 bridgehead atoms. The molecule has 0 saturated carbocycles. The van der Waals surface area contributed by atoms with Gasteiger partial charge in [-0.05, 0) is 167 Å². The topological polar surface area (TPSA) is 0 Å². The van der Waals surface area contributed by atoms with Gasteiger partial charge in [-0.3, -0.25) is 0 Å². The molecule has 0 amide bonds. The lowest BCUT2D eigenvalue weighted by molar-refractivity contribution is 0.626. The van der Waals surface area contributed by atoms with Crippen molar-refractivity contribution in [1.29, 1.82) is 0 Å². The molecule has 0 nitrogen and oxygen atoms in total. The molecule has 0 unspecified atom stereocenters. The van der Waals surface area contributed by atoms with Gasteiger partial charge in [0.25, 0.3) is 0 Å². The van der Waals surface area contributed by atoms with Gasteiger partial charge in [0, 0.05) is 14.3 Å². The van der Waals surface area contributed by atoms with Crippen LogP contribution in [0, 0.1) is 25.9 Å². The van der Waals surface area contributed by atoms with Crippen LogP contribution in [0.15, 0.2) is 72.8 Å². The Labute approximate surface area is 234 Å². The fourth-order valence-corrected chi connectivity index (χ4v) is 6.36. The third-order valence-corrected chi connectivity index (χ3v) is 8.76. The highest BCUT2D eigenvalue weighted by Gasteiger charge is 2.11. The minimum Gasteiger partial charge on any atom is -0.207 e. The van der Waals surface area contributed by atoms with Crippen molar-refractivity contribution in [3.05, 3.63) is 110 Å². The van der Waals surface area contributed by atoms with Crippen LogP contribution in [0.3, 0.4) is 0 Å². The van der Waals surface area contributed by atoms with Gasteiger partial charge >= 0.3 is 0 Å². The Morgan fingerprint density at radius 1 is 0.484 bits per heavy atom. The van der Waals surface area contributed by atoms with E-state index in [0.717, 1.165) is 35.8 Å². The highest BCUT2D eigenvalue weighted by Crippen LogP contribution is 2.32. The van der Waals surface area contributed by atoms with Crippen molar-refractivity contribution in [3.8, 4) is 22.3 Å². The van der Waals surface area contributed by atoms with Crippen LogP contribution in [0.1, 0.15) is 11.1 Å². The molecule has 4 aromatic carbocycles. The number of halogens is 6. The molecule has 31 heavy (non-hydrogen) atoms. The molecule has 0 spiro atoms. The van der Waals surface area contributed by atoms with Gasteiger partial charge in [-0.15, -0.1) is 0 Å². The average molecular weight is 860 g/mol. The molecule has 0 radical (unpaired) electrons. The number of hydrogen-bond acceptors (Lipinski definition) is 0. The van der Waals surface area contributed by atoms with Gasteiger partial charge in [0.15, 0.2) is 0 Å². The van der Waals surface area contributed by atoms with Crippen LogP contribution >= 0.6 is 90.4 Å². The van der Waals surface area contributed by atoms with Crippen molar-refractivity contribution in [2.75, 3.05) is 0 Å². The van der Waals surface area contributed by atoms with Crippen molar-refractivity contribution in [1.82, 2.24) is 0 Å². The van der Waals surface area contributed by atoms with Crippen LogP contribution < -0.4 is 0 Å². The van der Waals surface area contributed by atoms with E-state index < -0.39 is 0 Å². The van der Waals surface area contributed by atoms with Crippen molar-refractivity contribution >= 4 is 90.4 Å². The van der Waals surface area contributed by atoms with Crippen LogP contribution in [0.2, 0.25) is 0 Å². The predicted molar refractivity (Wildman–Crippen MR) is 157 cm³/mol. The van der Waals surface area contributed by atoms with Gasteiger partial charge in [0.05, 0.1) is 0 Å². The van der Waals surface area contributed by atoms with Crippen molar-refractivity contribution in [2.45, 2.75) is 6.42 Å². The lowest BCUT2D eigenvalue weighted by Crippen LogP contribution is -1.96. The molecule has 156 valence electrons. The van der Waals surface area contributed by atoms with Gasteiger partial charge in [-0.25, -0.2) is 8.78 Å². The zero-order chi connectivity index (χ0) is 22.1. The zero-order valence-electron chi connectivity index (χ0n) is 15.9. The van der Waals surface area contributed by atoms with Gasteiger partial charge in [-0.2, -0.15) is 0 Å². The average Bonchev–Trinajstić information content (AvgIpc) is 2.71. The second-order valence-corrected chi connectivity index (χ2v) is 11.7. The van der Waals surface area contributed by atoms with E-state index in [0.29, 0.717) is 0 Å². The Balaban J connectivity index is 1.60. The second kappa shape index (κ2) is 10.3. The summed E-state index contributed by atoms with van der Waals surface area (Å²) in [7, 11) is 0. The van der Waals surface area contributed by atoms with E-state index in [9.17, 15) is 8.78 Å².